The number of morpholine rings is 1. The van der Waals surface area contributed by atoms with Gasteiger partial charge in [-0.25, -0.2) is 0 Å². The van der Waals surface area contributed by atoms with Crippen molar-refractivity contribution in [1.29, 1.82) is 0 Å². The lowest BCUT2D eigenvalue weighted by atomic mass is 10.2. The molecular formula is C13H25ClN2O2. The van der Waals surface area contributed by atoms with Gasteiger partial charge in [0.2, 0.25) is 0 Å². The number of nitrogens with one attached hydrogen (secondary N) is 1. The first kappa shape index (κ1) is 17.4. The number of amides is 1. The molecule has 1 N–H and O–H groups in total. The Balaban J connectivity index is 0.00000289. The zero-order valence-electron chi connectivity index (χ0n) is 11.2. The summed E-state index contributed by atoms with van der Waals surface area (Å²) in [5.41, 5.74) is 0. The zero-order chi connectivity index (χ0) is 12.5. The molecule has 1 fully saturated rings. The lowest BCUT2D eigenvalue weighted by Crippen LogP contribution is -2.48. The molecule has 106 valence electrons. The van der Waals surface area contributed by atoms with E-state index < -0.39 is 0 Å². The van der Waals surface area contributed by atoms with Gasteiger partial charge in [0.1, 0.15) is 6.10 Å². The third kappa shape index (κ3) is 6.38. The highest BCUT2D eigenvalue weighted by Crippen LogP contribution is 2.05. The summed E-state index contributed by atoms with van der Waals surface area (Å²) in [6.45, 7) is 6.62. The Bertz CT molecular complexity index is 243. The third-order valence-corrected chi connectivity index (χ3v) is 2.98. The molecule has 0 spiro atoms. The molecule has 4 nitrogen and oxygen atoms in total. The van der Waals surface area contributed by atoms with Crippen LogP contribution in [-0.2, 0) is 9.53 Å². The number of likely N-dealkylation sites (N-methyl/N-ethyl adjacent to an activating group) is 1. The summed E-state index contributed by atoms with van der Waals surface area (Å²) in [6, 6.07) is 0. The van der Waals surface area contributed by atoms with Crippen molar-refractivity contribution in [3.05, 3.63) is 12.7 Å². The van der Waals surface area contributed by atoms with Gasteiger partial charge in [0, 0.05) is 26.7 Å². The van der Waals surface area contributed by atoms with E-state index in [2.05, 4.69) is 11.9 Å². The molecule has 0 radical (unpaired) electrons. The van der Waals surface area contributed by atoms with Crippen molar-refractivity contribution in [1.82, 2.24) is 10.2 Å². The molecule has 0 aromatic carbocycles. The molecule has 0 saturated carbocycles. The molecule has 1 aliphatic rings. The van der Waals surface area contributed by atoms with Crippen LogP contribution in [0.15, 0.2) is 12.7 Å². The van der Waals surface area contributed by atoms with E-state index in [1.807, 2.05) is 13.1 Å². The Kier molecular flexibility index (Phi) is 10.0. The number of nitrogens with zero attached hydrogens (tertiary/aromatic N) is 1. The molecule has 0 bridgehead atoms. The quantitative estimate of drug-likeness (QED) is 0.567. The smallest absolute Gasteiger partial charge is 0.252 e. The molecule has 1 rings (SSSR count). The molecule has 0 aliphatic carbocycles. The van der Waals surface area contributed by atoms with Crippen LogP contribution in [0.5, 0.6) is 0 Å². The Morgan fingerprint density at radius 1 is 1.50 bits per heavy atom. The molecule has 0 aromatic heterocycles. The van der Waals surface area contributed by atoms with Crippen molar-refractivity contribution in [2.75, 3.05) is 33.3 Å². The molecule has 1 amide bonds. The van der Waals surface area contributed by atoms with Gasteiger partial charge in [-0.15, -0.1) is 19.0 Å². The topological polar surface area (TPSA) is 41.6 Å². The lowest BCUT2D eigenvalue weighted by Gasteiger charge is -2.27. The average molecular weight is 277 g/mol. The average Bonchev–Trinajstić information content (AvgIpc) is 2.38. The van der Waals surface area contributed by atoms with E-state index >= 15 is 0 Å². The highest BCUT2D eigenvalue weighted by atomic mass is 35.5. The predicted octanol–water partition coefficient (Wildman–Crippen LogP) is 1.60. The number of rotatable bonds is 7. The van der Waals surface area contributed by atoms with Crippen molar-refractivity contribution < 1.29 is 9.53 Å². The molecule has 18 heavy (non-hydrogen) atoms. The Morgan fingerprint density at radius 2 is 2.28 bits per heavy atom. The van der Waals surface area contributed by atoms with Crippen molar-refractivity contribution in [2.24, 2.45) is 0 Å². The minimum Gasteiger partial charge on any atom is -0.366 e. The summed E-state index contributed by atoms with van der Waals surface area (Å²) in [5, 5.41) is 3.17. The second kappa shape index (κ2) is 10.4. The lowest BCUT2D eigenvalue weighted by molar-refractivity contribution is -0.143. The zero-order valence-corrected chi connectivity index (χ0v) is 12.0. The second-order valence-corrected chi connectivity index (χ2v) is 4.46. The van der Waals surface area contributed by atoms with Crippen molar-refractivity contribution in [3.8, 4) is 0 Å². The van der Waals surface area contributed by atoms with Gasteiger partial charge in [-0.1, -0.05) is 12.5 Å². The maximum atomic E-state index is 12.0. The van der Waals surface area contributed by atoms with Crippen LogP contribution >= 0.6 is 12.4 Å². The predicted molar refractivity (Wildman–Crippen MR) is 76.2 cm³/mol. The van der Waals surface area contributed by atoms with Gasteiger partial charge in [-0.3, -0.25) is 4.79 Å². The van der Waals surface area contributed by atoms with Gasteiger partial charge in [-0.05, 0) is 19.3 Å². The Hall–Kier alpha value is -0.580. The van der Waals surface area contributed by atoms with Crippen LogP contribution < -0.4 is 5.32 Å². The maximum Gasteiger partial charge on any atom is 0.252 e. The van der Waals surface area contributed by atoms with E-state index in [0.29, 0.717) is 13.2 Å². The van der Waals surface area contributed by atoms with Crippen LogP contribution in [0.25, 0.3) is 0 Å². The van der Waals surface area contributed by atoms with E-state index in [-0.39, 0.29) is 24.4 Å². The van der Waals surface area contributed by atoms with Gasteiger partial charge in [0.25, 0.3) is 5.91 Å². The first-order valence-electron chi connectivity index (χ1n) is 6.44. The Morgan fingerprint density at radius 3 is 2.89 bits per heavy atom. The fourth-order valence-corrected chi connectivity index (χ4v) is 1.89. The summed E-state index contributed by atoms with van der Waals surface area (Å²) in [5.74, 6) is 0.0981. The van der Waals surface area contributed by atoms with E-state index in [4.69, 9.17) is 4.74 Å². The summed E-state index contributed by atoms with van der Waals surface area (Å²) in [7, 11) is 1.85. The molecular weight excluding hydrogens is 252 g/mol. The van der Waals surface area contributed by atoms with Gasteiger partial charge < -0.3 is 15.0 Å². The number of allylic oxidation sites excluding steroid dienone is 1. The number of ether oxygens (including phenoxy) is 1. The van der Waals surface area contributed by atoms with Gasteiger partial charge in [0.05, 0.1) is 6.61 Å². The van der Waals surface area contributed by atoms with Crippen LogP contribution in [-0.4, -0.2) is 50.2 Å². The largest absolute Gasteiger partial charge is 0.366 e. The van der Waals surface area contributed by atoms with Crippen LogP contribution in [0.3, 0.4) is 0 Å². The fourth-order valence-electron chi connectivity index (χ4n) is 1.89. The number of carbonyl (C=O) groups excluding carboxylic acids is 1. The summed E-state index contributed by atoms with van der Waals surface area (Å²) in [6.07, 6.45) is 6.07. The molecule has 1 aliphatic heterocycles. The SMILES string of the molecule is C=CCCCCCN(C)C(=O)C1CNCCO1.Cl. The normalized spacial score (nSPS) is 18.8. The number of halogens is 1. The van der Waals surface area contributed by atoms with Crippen LogP contribution in [0, 0.1) is 0 Å². The minimum atomic E-state index is -0.290. The van der Waals surface area contributed by atoms with Gasteiger partial charge in [0.15, 0.2) is 0 Å². The number of hydrogen-bond donors (Lipinski definition) is 1. The van der Waals surface area contributed by atoms with E-state index in [0.717, 1.165) is 38.8 Å². The Labute approximate surface area is 116 Å². The number of unbranched alkanes of at least 4 members (excludes halogenated alkanes) is 3. The van der Waals surface area contributed by atoms with Crippen molar-refractivity contribution in [2.45, 2.75) is 31.8 Å². The van der Waals surface area contributed by atoms with Crippen molar-refractivity contribution in [3.63, 3.8) is 0 Å². The number of hydrogen-bond acceptors (Lipinski definition) is 3. The van der Waals surface area contributed by atoms with Crippen LogP contribution in [0.1, 0.15) is 25.7 Å². The van der Waals surface area contributed by atoms with E-state index in [1.165, 1.54) is 0 Å². The third-order valence-electron chi connectivity index (χ3n) is 2.98. The number of carbonyl (C=O) groups is 1. The molecule has 1 saturated heterocycles. The second-order valence-electron chi connectivity index (χ2n) is 4.46. The highest BCUT2D eigenvalue weighted by molar-refractivity contribution is 5.85. The monoisotopic (exact) mass is 276 g/mol. The summed E-state index contributed by atoms with van der Waals surface area (Å²) in [4.78, 5) is 13.7. The molecule has 5 heteroatoms. The first-order chi connectivity index (χ1) is 8.25. The van der Waals surface area contributed by atoms with E-state index in [9.17, 15) is 4.79 Å². The van der Waals surface area contributed by atoms with Crippen molar-refractivity contribution >= 4 is 18.3 Å². The van der Waals surface area contributed by atoms with Gasteiger partial charge >= 0.3 is 0 Å². The maximum absolute atomic E-state index is 12.0. The summed E-state index contributed by atoms with van der Waals surface area (Å²) < 4.78 is 5.44. The fraction of sp³-hybridized carbons (Fsp3) is 0.769. The molecule has 0 aromatic rings. The van der Waals surface area contributed by atoms with E-state index in [1.54, 1.807) is 4.90 Å². The standard InChI is InChI=1S/C13H24N2O2.ClH/c1-3-4-5-6-7-9-15(2)13(16)12-11-14-8-10-17-12;/h3,12,14H,1,4-11H2,2H3;1H. The molecule has 1 atom stereocenters. The minimum absolute atomic E-state index is 0. The van der Waals surface area contributed by atoms with Crippen LogP contribution in [0.2, 0.25) is 0 Å². The molecule has 1 unspecified atom stereocenters. The highest BCUT2D eigenvalue weighted by Gasteiger charge is 2.24. The first-order valence-corrected chi connectivity index (χ1v) is 6.44. The summed E-state index contributed by atoms with van der Waals surface area (Å²) >= 11 is 0. The van der Waals surface area contributed by atoms with Crippen LogP contribution in [0.4, 0.5) is 0 Å². The van der Waals surface area contributed by atoms with Gasteiger partial charge in [-0.2, -0.15) is 0 Å². The molecule has 1 heterocycles.